The smallest absolute Gasteiger partial charge is 0.334 e. The van der Waals surface area contributed by atoms with Gasteiger partial charge >= 0.3 is 5.69 Å². The summed E-state index contributed by atoms with van der Waals surface area (Å²) in [5.74, 6) is 0.661. The van der Waals surface area contributed by atoms with Crippen LogP contribution < -0.4 is 10.2 Å². The lowest BCUT2D eigenvalue weighted by atomic mass is 10.1. The third-order valence-corrected chi connectivity index (χ3v) is 4.03. The molecule has 1 aromatic rings. The van der Waals surface area contributed by atoms with Crippen molar-refractivity contribution in [2.75, 3.05) is 24.5 Å². The van der Waals surface area contributed by atoms with Crippen molar-refractivity contribution in [3.63, 3.8) is 0 Å². The summed E-state index contributed by atoms with van der Waals surface area (Å²) >= 11 is 0. The topological polar surface area (TPSA) is 76.2 Å². The van der Waals surface area contributed by atoms with E-state index in [1.165, 1.54) is 6.42 Å². The van der Waals surface area contributed by atoms with E-state index >= 15 is 0 Å². The third-order valence-electron chi connectivity index (χ3n) is 4.03. The van der Waals surface area contributed by atoms with E-state index in [4.69, 9.17) is 0 Å². The molecule has 0 aliphatic carbocycles. The molecule has 0 saturated carbocycles. The lowest BCUT2D eigenvalue weighted by Crippen LogP contribution is -2.38. The molecule has 0 bridgehead atoms. The van der Waals surface area contributed by atoms with Crippen molar-refractivity contribution in [3.8, 4) is 0 Å². The van der Waals surface area contributed by atoms with Crippen LogP contribution in [0.4, 0.5) is 11.5 Å². The fourth-order valence-corrected chi connectivity index (χ4v) is 2.99. The van der Waals surface area contributed by atoms with E-state index in [0.29, 0.717) is 17.6 Å². The molecule has 21 heavy (non-hydrogen) atoms. The number of likely N-dealkylation sites (N-methyl/N-ethyl adjacent to an activating group) is 1. The Kier molecular flexibility index (Phi) is 4.82. The highest BCUT2D eigenvalue weighted by atomic mass is 16.6. The molecule has 0 aromatic carbocycles. The van der Waals surface area contributed by atoms with Crippen LogP contribution in [0.15, 0.2) is 0 Å². The van der Waals surface area contributed by atoms with Gasteiger partial charge in [0.1, 0.15) is 5.69 Å². The van der Waals surface area contributed by atoms with Crippen molar-refractivity contribution in [1.29, 1.82) is 0 Å². The Morgan fingerprint density at radius 3 is 2.76 bits per heavy atom. The Hall–Kier alpha value is -1.63. The summed E-state index contributed by atoms with van der Waals surface area (Å²) in [6.07, 6.45) is 2.30. The predicted octanol–water partition coefficient (Wildman–Crippen LogP) is 2.03. The summed E-state index contributed by atoms with van der Waals surface area (Å²) in [6, 6.07) is 0.405. The number of aryl methyl sites for hydroxylation is 1. The van der Waals surface area contributed by atoms with Gasteiger partial charge in [0, 0.05) is 32.1 Å². The molecule has 1 aliphatic rings. The van der Waals surface area contributed by atoms with Crippen LogP contribution in [0.2, 0.25) is 0 Å². The van der Waals surface area contributed by atoms with Gasteiger partial charge in [-0.3, -0.25) is 10.1 Å². The minimum absolute atomic E-state index is 0.0358. The highest BCUT2D eigenvalue weighted by Gasteiger charge is 2.32. The molecular weight excluding hydrogens is 270 g/mol. The lowest BCUT2D eigenvalue weighted by molar-refractivity contribution is -0.385. The zero-order valence-electron chi connectivity index (χ0n) is 13.3. The number of hydrogen-bond donors (Lipinski definition) is 1. The molecule has 1 saturated heterocycles. The molecule has 1 unspecified atom stereocenters. The molecule has 118 valence electrons. The maximum absolute atomic E-state index is 11.5. The van der Waals surface area contributed by atoms with Crippen LogP contribution in [0.1, 0.15) is 45.2 Å². The Labute approximate surface area is 125 Å². The van der Waals surface area contributed by atoms with Crippen LogP contribution in [0.3, 0.4) is 0 Å². The third kappa shape index (κ3) is 3.18. The maximum Gasteiger partial charge on any atom is 0.334 e. The maximum atomic E-state index is 11.5. The molecule has 2 heterocycles. The molecule has 0 radical (unpaired) electrons. The molecular formula is C14H25N5O2. The summed E-state index contributed by atoms with van der Waals surface area (Å²) in [4.78, 5) is 13.3. The number of rotatable bonds is 6. The summed E-state index contributed by atoms with van der Waals surface area (Å²) in [5, 5.41) is 19.4. The van der Waals surface area contributed by atoms with Crippen LogP contribution in [0, 0.1) is 10.1 Å². The van der Waals surface area contributed by atoms with Gasteiger partial charge in [0.25, 0.3) is 0 Å². The van der Waals surface area contributed by atoms with E-state index in [2.05, 4.69) is 15.3 Å². The van der Waals surface area contributed by atoms with Crippen molar-refractivity contribution < 1.29 is 4.92 Å². The molecule has 1 N–H and O–H groups in total. The van der Waals surface area contributed by atoms with Gasteiger partial charge in [-0.1, -0.05) is 13.8 Å². The molecule has 0 spiro atoms. The molecule has 0 amide bonds. The molecule has 7 nitrogen and oxygen atoms in total. The van der Waals surface area contributed by atoms with E-state index in [1.54, 1.807) is 11.7 Å². The average Bonchev–Trinajstić information content (AvgIpc) is 3.03. The fraction of sp³-hybridized carbons (Fsp3) is 0.786. The van der Waals surface area contributed by atoms with E-state index in [0.717, 1.165) is 26.1 Å². The number of anilines is 1. The Morgan fingerprint density at radius 1 is 1.57 bits per heavy atom. The second kappa shape index (κ2) is 6.43. The minimum atomic E-state index is -0.289. The second-order valence-corrected chi connectivity index (χ2v) is 5.92. The summed E-state index contributed by atoms with van der Waals surface area (Å²) in [6.45, 7) is 8.46. The summed E-state index contributed by atoms with van der Waals surface area (Å²) in [7, 11) is 1.79. The summed E-state index contributed by atoms with van der Waals surface area (Å²) < 4.78 is 1.66. The van der Waals surface area contributed by atoms with Gasteiger partial charge in [-0.05, 0) is 26.3 Å². The van der Waals surface area contributed by atoms with Crippen molar-refractivity contribution >= 4 is 11.5 Å². The predicted molar refractivity (Wildman–Crippen MR) is 82.9 cm³/mol. The van der Waals surface area contributed by atoms with Gasteiger partial charge in [0.05, 0.1) is 4.92 Å². The monoisotopic (exact) mass is 295 g/mol. The first-order valence-corrected chi connectivity index (χ1v) is 7.65. The Morgan fingerprint density at radius 2 is 2.29 bits per heavy atom. The van der Waals surface area contributed by atoms with Gasteiger partial charge in [-0.2, -0.15) is 5.10 Å². The summed E-state index contributed by atoms with van der Waals surface area (Å²) in [5.41, 5.74) is 0.725. The molecule has 1 aliphatic heterocycles. The largest absolute Gasteiger partial charge is 0.350 e. The van der Waals surface area contributed by atoms with E-state index < -0.39 is 0 Å². The van der Waals surface area contributed by atoms with Crippen LogP contribution in [-0.4, -0.2) is 40.4 Å². The van der Waals surface area contributed by atoms with Crippen LogP contribution >= 0.6 is 0 Å². The Bertz CT molecular complexity index is 506. The number of aromatic nitrogens is 2. The van der Waals surface area contributed by atoms with Crippen LogP contribution in [-0.2, 0) is 7.05 Å². The lowest BCUT2D eigenvalue weighted by Gasteiger charge is -2.25. The molecule has 7 heteroatoms. The normalized spacial score (nSPS) is 18.4. The fourth-order valence-electron chi connectivity index (χ4n) is 2.99. The molecule has 2 rings (SSSR count). The number of nitrogens with one attached hydrogen (secondary N) is 1. The van der Waals surface area contributed by atoms with Crippen LogP contribution in [0.25, 0.3) is 0 Å². The number of hydrogen-bond acceptors (Lipinski definition) is 5. The number of nitrogens with zero attached hydrogens (tertiary/aromatic N) is 4. The van der Waals surface area contributed by atoms with Crippen molar-refractivity contribution in [2.45, 2.75) is 45.6 Å². The van der Waals surface area contributed by atoms with E-state index in [9.17, 15) is 10.1 Å². The molecule has 1 aromatic heterocycles. The van der Waals surface area contributed by atoms with Gasteiger partial charge in [0.2, 0.25) is 5.82 Å². The van der Waals surface area contributed by atoms with Crippen molar-refractivity contribution in [1.82, 2.24) is 15.1 Å². The zero-order valence-corrected chi connectivity index (χ0v) is 13.3. The SMILES string of the molecule is CCN(CC1CCCN1)c1c([N+](=O)[O-])c(C(C)C)nn1C. The highest BCUT2D eigenvalue weighted by Crippen LogP contribution is 2.35. The van der Waals surface area contributed by atoms with E-state index in [1.807, 2.05) is 20.8 Å². The van der Waals surface area contributed by atoms with Crippen molar-refractivity contribution in [2.24, 2.45) is 7.05 Å². The number of nitro groups is 1. The highest BCUT2D eigenvalue weighted by molar-refractivity contribution is 5.62. The van der Waals surface area contributed by atoms with Crippen molar-refractivity contribution in [3.05, 3.63) is 15.8 Å². The standard InChI is InChI=1S/C14H25N5O2/c1-5-18(9-11-7-6-8-15-11)14-13(19(20)21)12(10(2)3)16-17(14)4/h10-11,15H,5-9H2,1-4H3. The molecule has 1 atom stereocenters. The van der Waals surface area contributed by atoms with Gasteiger partial charge in [-0.15, -0.1) is 0 Å². The average molecular weight is 295 g/mol. The van der Waals surface area contributed by atoms with Gasteiger partial charge in [0.15, 0.2) is 0 Å². The first-order chi connectivity index (χ1) is 9.95. The zero-order chi connectivity index (χ0) is 15.6. The van der Waals surface area contributed by atoms with Gasteiger partial charge < -0.3 is 10.2 Å². The first kappa shape index (κ1) is 15.8. The second-order valence-electron chi connectivity index (χ2n) is 5.92. The van der Waals surface area contributed by atoms with E-state index in [-0.39, 0.29) is 16.5 Å². The van der Waals surface area contributed by atoms with Gasteiger partial charge in [-0.25, -0.2) is 4.68 Å². The quantitative estimate of drug-likeness (QED) is 0.642. The Balaban J connectivity index is 2.37. The molecule has 1 fully saturated rings. The van der Waals surface area contributed by atoms with Crippen LogP contribution in [0.5, 0.6) is 0 Å². The first-order valence-electron chi connectivity index (χ1n) is 7.65. The minimum Gasteiger partial charge on any atom is -0.350 e.